The fourth-order valence-electron chi connectivity index (χ4n) is 4.10. The van der Waals surface area contributed by atoms with Crippen LogP contribution in [-0.2, 0) is 11.3 Å². The fraction of sp³-hybridized carbons (Fsp3) is 0.292. The fourth-order valence-corrected chi connectivity index (χ4v) is 5.00. The Bertz CT molecular complexity index is 1360. The van der Waals surface area contributed by atoms with Crippen molar-refractivity contribution in [3.05, 3.63) is 76.4 Å². The topological polar surface area (TPSA) is 87.4 Å². The van der Waals surface area contributed by atoms with Gasteiger partial charge in [0, 0.05) is 37.6 Å². The molecule has 1 saturated heterocycles. The average Bonchev–Trinajstić information content (AvgIpc) is 3.49. The van der Waals surface area contributed by atoms with Crippen molar-refractivity contribution in [2.24, 2.45) is 0 Å². The van der Waals surface area contributed by atoms with E-state index in [1.165, 1.54) is 23.9 Å². The molecular weight excluding hydrogens is 457 g/mol. The smallest absolute Gasteiger partial charge is 0.278 e. The summed E-state index contributed by atoms with van der Waals surface area (Å²) in [6, 6.07) is 11.8. The van der Waals surface area contributed by atoms with Crippen LogP contribution >= 0.6 is 11.8 Å². The van der Waals surface area contributed by atoms with Gasteiger partial charge in [0.05, 0.1) is 24.1 Å². The predicted octanol–water partition coefficient (Wildman–Crippen LogP) is 3.25. The molecule has 0 bridgehead atoms. The molecule has 0 unspecified atom stereocenters. The van der Waals surface area contributed by atoms with Crippen LogP contribution in [0.2, 0.25) is 0 Å². The van der Waals surface area contributed by atoms with Crippen LogP contribution in [-0.4, -0.2) is 57.3 Å². The molecule has 4 aromatic rings. The van der Waals surface area contributed by atoms with E-state index >= 15 is 0 Å². The van der Waals surface area contributed by atoms with Gasteiger partial charge in [0.2, 0.25) is 5.91 Å². The van der Waals surface area contributed by atoms with E-state index in [9.17, 15) is 14.0 Å². The highest BCUT2D eigenvalue weighted by Gasteiger charge is 2.23. The van der Waals surface area contributed by atoms with Crippen molar-refractivity contribution in [1.82, 2.24) is 19.4 Å². The number of carbonyl (C=O) groups is 1. The third kappa shape index (κ3) is 4.58. The van der Waals surface area contributed by atoms with Crippen LogP contribution in [0, 0.1) is 12.7 Å². The second kappa shape index (κ2) is 9.38. The molecule has 3 aromatic heterocycles. The highest BCUT2D eigenvalue weighted by molar-refractivity contribution is 7.99. The number of carbonyl (C=O) groups excluding carboxylic acids is 1. The minimum Gasteiger partial charge on any atom is -0.467 e. The van der Waals surface area contributed by atoms with Crippen molar-refractivity contribution >= 4 is 34.4 Å². The summed E-state index contributed by atoms with van der Waals surface area (Å²) in [6.07, 6.45) is 1.56. The monoisotopic (exact) mass is 481 g/mol. The summed E-state index contributed by atoms with van der Waals surface area (Å²) in [4.78, 5) is 37.8. The number of aryl methyl sites for hydroxylation is 1. The zero-order valence-electron chi connectivity index (χ0n) is 18.7. The Kier molecular flexibility index (Phi) is 6.14. The van der Waals surface area contributed by atoms with Crippen molar-refractivity contribution in [3.63, 3.8) is 0 Å². The minimum absolute atomic E-state index is 0.00657. The first-order valence-corrected chi connectivity index (χ1v) is 12.0. The molecule has 176 valence electrons. The maximum Gasteiger partial charge on any atom is 0.278 e. The molecule has 0 radical (unpaired) electrons. The number of anilines is 1. The SMILES string of the molecule is Cc1cc2nc(SCC(=O)N3CCN(c4ccc(F)cc4)CC3)n(Cc3ccco3)c(=O)c2[nH]1. The van der Waals surface area contributed by atoms with E-state index in [4.69, 9.17) is 4.42 Å². The van der Waals surface area contributed by atoms with E-state index in [1.54, 1.807) is 35.1 Å². The standard InChI is InChI=1S/C24H24FN5O3S/c1-16-13-20-22(26-16)23(32)30(14-19-3-2-12-33-19)24(27-20)34-15-21(31)29-10-8-28(9-11-29)18-6-4-17(25)5-7-18/h2-7,12-13,26H,8-11,14-15H2,1H3. The Balaban J connectivity index is 1.28. The van der Waals surface area contributed by atoms with Crippen LogP contribution in [0.15, 0.2) is 63.1 Å². The largest absolute Gasteiger partial charge is 0.467 e. The summed E-state index contributed by atoms with van der Waals surface area (Å²) in [5.41, 5.74) is 2.63. The van der Waals surface area contributed by atoms with Gasteiger partial charge in [-0.25, -0.2) is 9.37 Å². The van der Waals surface area contributed by atoms with Gasteiger partial charge in [0.15, 0.2) is 5.16 Å². The van der Waals surface area contributed by atoms with Crippen LogP contribution in [0.5, 0.6) is 0 Å². The lowest BCUT2D eigenvalue weighted by Gasteiger charge is -2.36. The first-order chi connectivity index (χ1) is 16.5. The molecule has 1 amide bonds. The number of nitrogens with zero attached hydrogens (tertiary/aromatic N) is 4. The van der Waals surface area contributed by atoms with Crippen molar-refractivity contribution in [1.29, 1.82) is 0 Å². The number of hydrogen-bond donors (Lipinski definition) is 1. The van der Waals surface area contributed by atoms with E-state index in [2.05, 4.69) is 14.9 Å². The van der Waals surface area contributed by atoms with Gasteiger partial charge in [0.25, 0.3) is 5.56 Å². The highest BCUT2D eigenvalue weighted by atomic mass is 32.2. The van der Waals surface area contributed by atoms with Gasteiger partial charge in [-0.05, 0) is 49.4 Å². The number of fused-ring (bicyclic) bond motifs is 1. The minimum atomic E-state index is -0.262. The summed E-state index contributed by atoms with van der Waals surface area (Å²) >= 11 is 1.26. The van der Waals surface area contributed by atoms with E-state index < -0.39 is 0 Å². The number of hydrogen-bond acceptors (Lipinski definition) is 6. The number of piperazine rings is 1. The lowest BCUT2D eigenvalue weighted by Crippen LogP contribution is -2.49. The third-order valence-electron chi connectivity index (χ3n) is 5.88. The molecule has 10 heteroatoms. The van der Waals surface area contributed by atoms with Crippen LogP contribution < -0.4 is 10.5 Å². The first-order valence-electron chi connectivity index (χ1n) is 11.0. The van der Waals surface area contributed by atoms with E-state index in [1.807, 2.05) is 17.9 Å². The Morgan fingerprint density at radius 3 is 2.65 bits per heavy atom. The Morgan fingerprint density at radius 2 is 1.94 bits per heavy atom. The van der Waals surface area contributed by atoms with Gasteiger partial charge < -0.3 is 19.2 Å². The number of aromatic amines is 1. The molecule has 1 aromatic carbocycles. The Morgan fingerprint density at radius 1 is 1.18 bits per heavy atom. The molecular formula is C24H24FN5O3S. The quantitative estimate of drug-likeness (QED) is 0.336. The van der Waals surface area contributed by atoms with Gasteiger partial charge in [-0.15, -0.1) is 0 Å². The van der Waals surface area contributed by atoms with Gasteiger partial charge in [0.1, 0.15) is 17.1 Å². The molecule has 34 heavy (non-hydrogen) atoms. The summed E-state index contributed by atoms with van der Waals surface area (Å²) in [5.74, 6) is 0.544. The van der Waals surface area contributed by atoms with Crippen molar-refractivity contribution in [3.8, 4) is 0 Å². The van der Waals surface area contributed by atoms with Crippen molar-refractivity contribution in [2.75, 3.05) is 36.8 Å². The molecule has 0 atom stereocenters. The number of H-pyrrole nitrogens is 1. The van der Waals surface area contributed by atoms with Gasteiger partial charge >= 0.3 is 0 Å². The first kappa shape index (κ1) is 22.3. The second-order valence-electron chi connectivity index (χ2n) is 8.21. The summed E-state index contributed by atoms with van der Waals surface area (Å²) in [6.45, 7) is 4.63. The number of thioether (sulfide) groups is 1. The molecule has 0 spiro atoms. The van der Waals surface area contributed by atoms with E-state index in [0.29, 0.717) is 48.1 Å². The number of halogens is 1. The molecule has 1 aliphatic heterocycles. The molecule has 1 N–H and O–H groups in total. The molecule has 4 heterocycles. The third-order valence-corrected chi connectivity index (χ3v) is 6.84. The molecule has 1 aliphatic rings. The van der Waals surface area contributed by atoms with Gasteiger partial charge in [-0.3, -0.25) is 14.2 Å². The molecule has 1 fully saturated rings. The van der Waals surface area contributed by atoms with Crippen LogP contribution in [0.4, 0.5) is 10.1 Å². The number of amides is 1. The van der Waals surface area contributed by atoms with Crippen LogP contribution in [0.3, 0.4) is 0 Å². The van der Waals surface area contributed by atoms with E-state index in [-0.39, 0.29) is 29.6 Å². The van der Waals surface area contributed by atoms with Gasteiger partial charge in [-0.2, -0.15) is 0 Å². The normalized spacial score (nSPS) is 14.2. The lowest BCUT2D eigenvalue weighted by atomic mass is 10.2. The zero-order valence-corrected chi connectivity index (χ0v) is 19.5. The summed E-state index contributed by atoms with van der Waals surface area (Å²) in [5, 5.41) is 0.478. The predicted molar refractivity (Wildman–Crippen MR) is 129 cm³/mol. The number of furan rings is 1. The maximum absolute atomic E-state index is 13.2. The Labute approximate surface area is 199 Å². The van der Waals surface area contributed by atoms with E-state index in [0.717, 1.165) is 11.4 Å². The summed E-state index contributed by atoms with van der Waals surface area (Å²) in [7, 11) is 0. The van der Waals surface area contributed by atoms with Crippen LogP contribution in [0.25, 0.3) is 11.0 Å². The zero-order chi connectivity index (χ0) is 23.7. The highest BCUT2D eigenvalue weighted by Crippen LogP contribution is 2.21. The average molecular weight is 482 g/mol. The molecule has 0 saturated carbocycles. The molecule has 8 nitrogen and oxygen atoms in total. The number of aromatic nitrogens is 3. The van der Waals surface area contributed by atoms with Crippen molar-refractivity contribution in [2.45, 2.75) is 18.6 Å². The number of nitrogens with one attached hydrogen (secondary N) is 1. The second-order valence-corrected chi connectivity index (χ2v) is 9.15. The number of rotatable bonds is 6. The van der Waals surface area contributed by atoms with Gasteiger partial charge in [-0.1, -0.05) is 11.8 Å². The number of benzene rings is 1. The maximum atomic E-state index is 13.2. The Hall–Kier alpha value is -3.53. The van der Waals surface area contributed by atoms with Crippen LogP contribution in [0.1, 0.15) is 11.5 Å². The molecule has 5 rings (SSSR count). The molecule has 0 aliphatic carbocycles. The van der Waals surface area contributed by atoms with Crippen molar-refractivity contribution < 1.29 is 13.6 Å². The lowest BCUT2D eigenvalue weighted by molar-refractivity contribution is -0.128. The summed E-state index contributed by atoms with van der Waals surface area (Å²) < 4.78 is 20.2.